The van der Waals surface area contributed by atoms with Gasteiger partial charge in [0.25, 0.3) is 0 Å². The molecule has 1 unspecified atom stereocenters. The summed E-state index contributed by atoms with van der Waals surface area (Å²) in [6.07, 6.45) is 3.75. The van der Waals surface area contributed by atoms with Gasteiger partial charge in [0.2, 0.25) is 5.91 Å². The Morgan fingerprint density at radius 3 is 2.48 bits per heavy atom. The molecule has 1 aliphatic heterocycles. The highest BCUT2D eigenvalue weighted by molar-refractivity contribution is 7.91. The molecule has 1 fully saturated rings. The Kier molecular flexibility index (Phi) is 7.29. The number of sulfone groups is 1. The van der Waals surface area contributed by atoms with Crippen molar-refractivity contribution in [2.24, 2.45) is 0 Å². The van der Waals surface area contributed by atoms with Gasteiger partial charge in [-0.2, -0.15) is 0 Å². The van der Waals surface area contributed by atoms with Gasteiger partial charge in [0, 0.05) is 19.0 Å². The first-order valence-electron chi connectivity index (χ1n) is 9.16. The number of benzene rings is 1. The number of nitrogens with zero attached hydrogens (tertiary/aromatic N) is 1. The van der Waals surface area contributed by atoms with Crippen LogP contribution in [0.1, 0.15) is 51.5 Å². The van der Waals surface area contributed by atoms with E-state index in [1.165, 1.54) is 0 Å². The second-order valence-electron chi connectivity index (χ2n) is 6.67. The molecule has 0 aliphatic carbocycles. The van der Waals surface area contributed by atoms with E-state index in [1.807, 2.05) is 31.2 Å². The summed E-state index contributed by atoms with van der Waals surface area (Å²) in [5, 5.41) is 0. The highest BCUT2D eigenvalue weighted by Crippen LogP contribution is 2.22. The molecule has 0 N–H and O–H groups in total. The van der Waals surface area contributed by atoms with Gasteiger partial charge in [0.1, 0.15) is 5.75 Å². The van der Waals surface area contributed by atoms with Crippen molar-refractivity contribution in [3.8, 4) is 5.75 Å². The van der Waals surface area contributed by atoms with Crippen molar-refractivity contribution in [3.05, 3.63) is 29.8 Å². The van der Waals surface area contributed by atoms with E-state index in [1.54, 1.807) is 4.90 Å². The van der Waals surface area contributed by atoms with Crippen LogP contribution in [-0.4, -0.2) is 43.4 Å². The van der Waals surface area contributed by atoms with Crippen LogP contribution in [0.2, 0.25) is 0 Å². The minimum absolute atomic E-state index is 0.0512. The summed E-state index contributed by atoms with van der Waals surface area (Å²) in [6.45, 7) is 5.24. The molecule has 140 valence electrons. The predicted molar refractivity (Wildman–Crippen MR) is 99.4 cm³/mol. The van der Waals surface area contributed by atoms with Gasteiger partial charge in [-0.1, -0.05) is 32.4 Å². The molecule has 1 amide bonds. The number of carbonyl (C=O) groups is 1. The van der Waals surface area contributed by atoms with Crippen molar-refractivity contribution < 1.29 is 17.9 Å². The number of unbranched alkanes of at least 4 members (excludes halogenated alkanes) is 1. The van der Waals surface area contributed by atoms with Crippen LogP contribution in [0, 0.1) is 0 Å². The van der Waals surface area contributed by atoms with Crippen LogP contribution in [0.4, 0.5) is 0 Å². The quantitative estimate of drug-likeness (QED) is 0.672. The van der Waals surface area contributed by atoms with E-state index in [2.05, 4.69) is 6.92 Å². The Morgan fingerprint density at radius 1 is 1.20 bits per heavy atom. The van der Waals surface area contributed by atoms with Gasteiger partial charge in [-0.25, -0.2) is 8.42 Å². The van der Waals surface area contributed by atoms with Gasteiger partial charge in [0.15, 0.2) is 9.84 Å². The molecule has 1 aliphatic rings. The average Bonchev–Trinajstić information content (AvgIpc) is 2.96. The van der Waals surface area contributed by atoms with Gasteiger partial charge < -0.3 is 9.64 Å². The van der Waals surface area contributed by atoms with Gasteiger partial charge in [-0.15, -0.1) is 0 Å². The fourth-order valence-electron chi connectivity index (χ4n) is 3.02. The van der Waals surface area contributed by atoms with Crippen molar-refractivity contribution in [2.45, 2.75) is 58.5 Å². The van der Waals surface area contributed by atoms with Gasteiger partial charge in [-0.05, 0) is 37.0 Å². The molecule has 1 heterocycles. The van der Waals surface area contributed by atoms with Crippen LogP contribution in [0.5, 0.6) is 5.75 Å². The maximum Gasteiger partial charge on any atom is 0.223 e. The lowest BCUT2D eigenvalue weighted by Gasteiger charge is -2.28. The van der Waals surface area contributed by atoms with E-state index in [4.69, 9.17) is 4.74 Å². The minimum atomic E-state index is -3.02. The molecular formula is C19H29NO4S. The van der Waals surface area contributed by atoms with Crippen LogP contribution in [0.25, 0.3) is 0 Å². The number of hydrogen-bond donors (Lipinski definition) is 0. The highest BCUT2D eigenvalue weighted by Gasteiger charge is 2.34. The second-order valence-corrected chi connectivity index (χ2v) is 8.90. The van der Waals surface area contributed by atoms with Crippen molar-refractivity contribution in [1.82, 2.24) is 4.90 Å². The lowest BCUT2D eigenvalue weighted by molar-refractivity contribution is -0.133. The van der Waals surface area contributed by atoms with E-state index in [9.17, 15) is 13.2 Å². The summed E-state index contributed by atoms with van der Waals surface area (Å²) in [5.41, 5.74) is 0.998. The van der Waals surface area contributed by atoms with Crippen LogP contribution in [0.15, 0.2) is 24.3 Å². The van der Waals surface area contributed by atoms with Gasteiger partial charge in [-0.3, -0.25) is 4.79 Å². The molecule has 0 saturated carbocycles. The third kappa shape index (κ3) is 6.03. The molecule has 1 aromatic carbocycles. The standard InChI is InChI=1S/C19H29NO4S/c1-3-5-6-19(21)20(17-11-13-25(22,23)15-17)14-16-7-9-18(10-8-16)24-12-4-2/h7-10,17H,3-6,11-15H2,1-2H3. The smallest absolute Gasteiger partial charge is 0.223 e. The summed E-state index contributed by atoms with van der Waals surface area (Å²) < 4.78 is 29.2. The molecule has 1 aromatic rings. The summed E-state index contributed by atoms with van der Waals surface area (Å²) in [6, 6.07) is 7.52. The summed E-state index contributed by atoms with van der Waals surface area (Å²) in [4.78, 5) is 14.4. The molecule has 25 heavy (non-hydrogen) atoms. The van der Waals surface area contributed by atoms with Gasteiger partial charge in [0.05, 0.1) is 18.1 Å². The topological polar surface area (TPSA) is 63.7 Å². The molecule has 0 radical (unpaired) electrons. The highest BCUT2D eigenvalue weighted by atomic mass is 32.2. The lowest BCUT2D eigenvalue weighted by atomic mass is 10.1. The zero-order valence-corrected chi connectivity index (χ0v) is 16.1. The normalized spacial score (nSPS) is 18.9. The Bertz CT molecular complexity index is 655. The van der Waals surface area contributed by atoms with Crippen molar-refractivity contribution in [3.63, 3.8) is 0 Å². The number of ether oxygens (including phenoxy) is 1. The van der Waals surface area contributed by atoms with E-state index < -0.39 is 9.84 Å². The summed E-state index contributed by atoms with van der Waals surface area (Å²) >= 11 is 0. The maximum atomic E-state index is 12.6. The summed E-state index contributed by atoms with van der Waals surface area (Å²) in [7, 11) is -3.02. The summed E-state index contributed by atoms with van der Waals surface area (Å²) in [5.74, 6) is 1.13. The van der Waals surface area contributed by atoms with Crippen LogP contribution >= 0.6 is 0 Å². The molecule has 0 spiro atoms. The number of carbonyl (C=O) groups excluding carboxylic acids is 1. The first-order valence-corrected chi connectivity index (χ1v) is 11.0. The predicted octanol–water partition coefficient (Wildman–Crippen LogP) is 3.18. The zero-order valence-electron chi connectivity index (χ0n) is 15.2. The first kappa shape index (κ1) is 19.8. The van der Waals surface area contributed by atoms with Crippen LogP contribution < -0.4 is 4.74 Å². The molecule has 0 aromatic heterocycles. The molecular weight excluding hydrogens is 338 g/mol. The molecule has 0 bridgehead atoms. The minimum Gasteiger partial charge on any atom is -0.494 e. The third-order valence-electron chi connectivity index (χ3n) is 4.46. The number of amides is 1. The van der Waals surface area contributed by atoms with Crippen molar-refractivity contribution >= 4 is 15.7 Å². The SMILES string of the molecule is CCCCC(=O)N(Cc1ccc(OCCC)cc1)C1CCS(=O)(=O)C1. The average molecular weight is 368 g/mol. The van der Waals surface area contributed by atoms with Gasteiger partial charge >= 0.3 is 0 Å². The fraction of sp³-hybridized carbons (Fsp3) is 0.632. The maximum absolute atomic E-state index is 12.6. The Labute approximate surface area is 151 Å². The molecule has 6 heteroatoms. The van der Waals surface area contributed by atoms with Crippen LogP contribution in [-0.2, 0) is 21.2 Å². The molecule has 2 rings (SSSR count). The Balaban J connectivity index is 2.08. The van der Waals surface area contributed by atoms with Crippen LogP contribution in [0.3, 0.4) is 0 Å². The largest absolute Gasteiger partial charge is 0.494 e. The van der Waals surface area contributed by atoms with E-state index in [0.717, 1.165) is 30.6 Å². The Morgan fingerprint density at radius 2 is 1.92 bits per heavy atom. The number of rotatable bonds is 9. The first-order chi connectivity index (χ1) is 11.9. The second kappa shape index (κ2) is 9.22. The lowest BCUT2D eigenvalue weighted by Crippen LogP contribution is -2.40. The molecule has 5 nitrogen and oxygen atoms in total. The Hall–Kier alpha value is -1.56. The van der Waals surface area contributed by atoms with E-state index in [0.29, 0.717) is 26.0 Å². The third-order valence-corrected chi connectivity index (χ3v) is 6.21. The van der Waals surface area contributed by atoms with E-state index in [-0.39, 0.29) is 23.5 Å². The van der Waals surface area contributed by atoms with Crippen molar-refractivity contribution in [2.75, 3.05) is 18.1 Å². The fourth-order valence-corrected chi connectivity index (χ4v) is 4.75. The molecule has 1 atom stereocenters. The number of hydrogen-bond acceptors (Lipinski definition) is 4. The van der Waals surface area contributed by atoms with Crippen molar-refractivity contribution in [1.29, 1.82) is 0 Å². The monoisotopic (exact) mass is 367 g/mol. The zero-order chi connectivity index (χ0) is 18.3. The molecule has 1 saturated heterocycles. The van der Waals surface area contributed by atoms with E-state index >= 15 is 0 Å².